The van der Waals surface area contributed by atoms with Crippen molar-refractivity contribution in [2.24, 2.45) is 5.92 Å². The fraction of sp³-hybridized carbons (Fsp3) is 0.391. The van der Waals surface area contributed by atoms with E-state index in [0.29, 0.717) is 24.5 Å². The molecule has 0 unspecified atom stereocenters. The molecule has 0 spiro atoms. The molecular formula is C23H28N6O2. The number of nitrogens with zero attached hydrogens (tertiary/aromatic N) is 4. The van der Waals surface area contributed by atoms with Gasteiger partial charge in [-0.3, -0.25) is 4.79 Å². The van der Waals surface area contributed by atoms with Crippen molar-refractivity contribution in [2.45, 2.75) is 31.7 Å². The number of carbonyl (C=O) groups excluding carboxylic acids is 1. The zero-order valence-electron chi connectivity index (χ0n) is 17.9. The number of nitrogens with one attached hydrogen (secondary N) is 2. The molecule has 2 heterocycles. The standard InChI is InChI=1S/C23H28N6O2/c1-29(2)21-17-6-3-4-7-18(17)27-23(28-21)26-16-11-9-15(10-12-16)14-25-22(31)20-19(30)8-5-13-24-20/h3-8,13,15-16,30H,9-12,14H2,1-2H3,(H,25,31)(H,26,27,28). The van der Waals surface area contributed by atoms with Crippen LogP contribution in [0, 0.1) is 5.92 Å². The van der Waals surface area contributed by atoms with Gasteiger partial charge in [-0.25, -0.2) is 9.97 Å². The van der Waals surface area contributed by atoms with Crippen LogP contribution in [0.25, 0.3) is 10.9 Å². The quantitative estimate of drug-likeness (QED) is 0.563. The average molecular weight is 421 g/mol. The Labute approximate surface area is 181 Å². The molecule has 3 aromatic rings. The number of aromatic hydroxyl groups is 1. The molecule has 1 aliphatic carbocycles. The summed E-state index contributed by atoms with van der Waals surface area (Å²) in [6, 6.07) is 11.4. The Balaban J connectivity index is 1.32. The molecule has 8 heteroatoms. The number of pyridine rings is 1. The van der Waals surface area contributed by atoms with E-state index in [0.717, 1.165) is 42.4 Å². The lowest BCUT2D eigenvalue weighted by Gasteiger charge is -2.29. The van der Waals surface area contributed by atoms with Gasteiger partial charge < -0.3 is 20.6 Å². The van der Waals surface area contributed by atoms with Crippen molar-refractivity contribution in [3.05, 3.63) is 48.3 Å². The zero-order chi connectivity index (χ0) is 21.8. The molecule has 0 radical (unpaired) electrons. The van der Waals surface area contributed by atoms with Crippen molar-refractivity contribution in [2.75, 3.05) is 30.9 Å². The maximum absolute atomic E-state index is 12.2. The molecular weight excluding hydrogens is 392 g/mol. The van der Waals surface area contributed by atoms with Gasteiger partial charge in [0.25, 0.3) is 5.91 Å². The number of para-hydroxylation sites is 1. The van der Waals surface area contributed by atoms with Gasteiger partial charge >= 0.3 is 0 Å². The number of hydrogen-bond acceptors (Lipinski definition) is 7. The SMILES string of the molecule is CN(C)c1nc(NC2CCC(CNC(=O)c3ncccc3O)CC2)nc2ccccc12. The Bertz CT molecular complexity index is 1060. The summed E-state index contributed by atoms with van der Waals surface area (Å²) in [7, 11) is 3.98. The van der Waals surface area contributed by atoms with Crippen molar-refractivity contribution >= 4 is 28.6 Å². The number of carbonyl (C=O) groups is 1. The summed E-state index contributed by atoms with van der Waals surface area (Å²) in [5, 5.41) is 17.2. The Morgan fingerprint density at radius 2 is 1.87 bits per heavy atom. The second kappa shape index (κ2) is 9.16. The van der Waals surface area contributed by atoms with Crippen LogP contribution < -0.4 is 15.5 Å². The van der Waals surface area contributed by atoms with Gasteiger partial charge in [0, 0.05) is 38.3 Å². The van der Waals surface area contributed by atoms with Crippen LogP contribution in [-0.4, -0.2) is 52.6 Å². The Kier molecular flexibility index (Phi) is 6.16. The normalized spacial score (nSPS) is 18.5. The summed E-state index contributed by atoms with van der Waals surface area (Å²) >= 11 is 0. The molecule has 1 amide bonds. The smallest absolute Gasteiger partial charge is 0.273 e. The van der Waals surface area contributed by atoms with Gasteiger partial charge in [-0.1, -0.05) is 12.1 Å². The first-order valence-corrected chi connectivity index (χ1v) is 10.6. The predicted octanol–water partition coefficient (Wildman–Crippen LogP) is 3.20. The molecule has 31 heavy (non-hydrogen) atoms. The van der Waals surface area contributed by atoms with E-state index in [2.05, 4.69) is 15.6 Å². The lowest BCUT2D eigenvalue weighted by Crippen LogP contribution is -2.34. The number of amides is 1. The van der Waals surface area contributed by atoms with E-state index in [1.54, 1.807) is 6.07 Å². The highest BCUT2D eigenvalue weighted by molar-refractivity contribution is 5.94. The van der Waals surface area contributed by atoms with Crippen LogP contribution in [0.3, 0.4) is 0 Å². The number of fused-ring (bicyclic) bond motifs is 1. The molecule has 0 aliphatic heterocycles. The Morgan fingerprint density at radius 3 is 2.61 bits per heavy atom. The highest BCUT2D eigenvalue weighted by Crippen LogP contribution is 2.28. The van der Waals surface area contributed by atoms with Gasteiger partial charge in [-0.05, 0) is 55.9 Å². The van der Waals surface area contributed by atoms with E-state index in [4.69, 9.17) is 9.97 Å². The summed E-state index contributed by atoms with van der Waals surface area (Å²) in [5.74, 6) is 1.54. The highest BCUT2D eigenvalue weighted by Gasteiger charge is 2.23. The third kappa shape index (κ3) is 4.84. The molecule has 0 saturated heterocycles. The minimum Gasteiger partial charge on any atom is -0.505 e. The van der Waals surface area contributed by atoms with Crippen molar-refractivity contribution in [3.63, 3.8) is 0 Å². The molecule has 1 aromatic carbocycles. The van der Waals surface area contributed by atoms with Crippen LogP contribution in [0.4, 0.5) is 11.8 Å². The Hall–Kier alpha value is -3.42. The van der Waals surface area contributed by atoms with Gasteiger partial charge in [-0.15, -0.1) is 0 Å². The summed E-state index contributed by atoms with van der Waals surface area (Å²) in [5.41, 5.74) is 1.00. The largest absolute Gasteiger partial charge is 0.505 e. The lowest BCUT2D eigenvalue weighted by atomic mass is 9.86. The maximum atomic E-state index is 12.2. The van der Waals surface area contributed by atoms with Gasteiger partial charge in [0.15, 0.2) is 5.69 Å². The molecule has 1 fully saturated rings. The molecule has 0 atom stereocenters. The fourth-order valence-corrected chi connectivity index (χ4v) is 4.05. The zero-order valence-corrected chi connectivity index (χ0v) is 17.9. The summed E-state index contributed by atoms with van der Waals surface area (Å²) < 4.78 is 0. The number of anilines is 2. The van der Waals surface area contributed by atoms with Crippen molar-refractivity contribution < 1.29 is 9.90 Å². The van der Waals surface area contributed by atoms with Crippen molar-refractivity contribution in [1.29, 1.82) is 0 Å². The van der Waals surface area contributed by atoms with Crippen LogP contribution >= 0.6 is 0 Å². The number of aromatic nitrogens is 3. The molecule has 8 nitrogen and oxygen atoms in total. The van der Waals surface area contributed by atoms with Crippen molar-refractivity contribution in [1.82, 2.24) is 20.3 Å². The van der Waals surface area contributed by atoms with Crippen molar-refractivity contribution in [3.8, 4) is 5.75 Å². The van der Waals surface area contributed by atoms with Crippen LogP contribution in [0.5, 0.6) is 5.75 Å². The van der Waals surface area contributed by atoms with E-state index in [9.17, 15) is 9.90 Å². The van der Waals surface area contributed by atoms with Gasteiger partial charge in [-0.2, -0.15) is 4.98 Å². The summed E-state index contributed by atoms with van der Waals surface area (Å²) in [6.07, 6.45) is 5.48. The first-order chi connectivity index (χ1) is 15.0. The van der Waals surface area contributed by atoms with E-state index < -0.39 is 0 Å². The molecule has 1 saturated carbocycles. The predicted molar refractivity (Wildman–Crippen MR) is 121 cm³/mol. The first kappa shape index (κ1) is 20.8. The third-order valence-corrected chi connectivity index (χ3v) is 5.74. The molecule has 2 aromatic heterocycles. The van der Waals surface area contributed by atoms with Crippen LogP contribution in [0.15, 0.2) is 42.6 Å². The highest BCUT2D eigenvalue weighted by atomic mass is 16.3. The summed E-state index contributed by atoms with van der Waals surface area (Å²) in [4.78, 5) is 27.6. The summed E-state index contributed by atoms with van der Waals surface area (Å²) in [6.45, 7) is 0.582. The molecule has 162 valence electrons. The number of rotatable bonds is 6. The molecule has 3 N–H and O–H groups in total. The van der Waals surface area contributed by atoms with Crippen LogP contribution in [0.2, 0.25) is 0 Å². The van der Waals surface area contributed by atoms with E-state index in [1.165, 1.54) is 12.3 Å². The van der Waals surface area contributed by atoms with E-state index >= 15 is 0 Å². The second-order valence-electron chi connectivity index (χ2n) is 8.23. The number of benzene rings is 1. The Morgan fingerprint density at radius 1 is 1.10 bits per heavy atom. The minimum atomic E-state index is -0.334. The van der Waals surface area contributed by atoms with E-state index in [-0.39, 0.29) is 17.4 Å². The molecule has 1 aliphatic rings. The van der Waals surface area contributed by atoms with Gasteiger partial charge in [0.2, 0.25) is 5.95 Å². The third-order valence-electron chi connectivity index (χ3n) is 5.74. The van der Waals surface area contributed by atoms with E-state index in [1.807, 2.05) is 43.3 Å². The maximum Gasteiger partial charge on any atom is 0.273 e. The van der Waals surface area contributed by atoms with Crippen LogP contribution in [0.1, 0.15) is 36.2 Å². The molecule has 4 rings (SSSR count). The lowest BCUT2D eigenvalue weighted by molar-refractivity contribution is 0.0935. The monoisotopic (exact) mass is 420 g/mol. The second-order valence-corrected chi connectivity index (χ2v) is 8.23. The average Bonchev–Trinajstić information content (AvgIpc) is 2.78. The van der Waals surface area contributed by atoms with Crippen LogP contribution in [-0.2, 0) is 0 Å². The first-order valence-electron chi connectivity index (χ1n) is 10.6. The minimum absolute atomic E-state index is 0.0722. The number of hydrogen-bond donors (Lipinski definition) is 3. The topological polar surface area (TPSA) is 103 Å². The molecule has 0 bridgehead atoms. The van der Waals surface area contributed by atoms with Gasteiger partial charge in [0.1, 0.15) is 11.6 Å². The van der Waals surface area contributed by atoms with Gasteiger partial charge in [0.05, 0.1) is 5.52 Å². The fourth-order valence-electron chi connectivity index (χ4n) is 4.05.